The van der Waals surface area contributed by atoms with E-state index in [1.165, 1.54) is 7.11 Å². The van der Waals surface area contributed by atoms with Gasteiger partial charge in [0.1, 0.15) is 5.75 Å². The van der Waals surface area contributed by atoms with E-state index in [4.69, 9.17) is 4.74 Å². The molecular formula is C22H22N4O3. The number of para-hydroxylation sites is 1. The highest BCUT2D eigenvalue weighted by atomic mass is 16.5. The van der Waals surface area contributed by atoms with Crippen LogP contribution in [0.4, 0.5) is 5.69 Å². The summed E-state index contributed by atoms with van der Waals surface area (Å²) in [4.78, 5) is 27.6. The minimum absolute atomic E-state index is 0.0300. The van der Waals surface area contributed by atoms with E-state index in [2.05, 4.69) is 10.4 Å². The molecule has 1 aliphatic rings. The summed E-state index contributed by atoms with van der Waals surface area (Å²) in [7, 11) is 1.53. The van der Waals surface area contributed by atoms with Gasteiger partial charge in [-0.3, -0.25) is 9.59 Å². The van der Waals surface area contributed by atoms with Crippen LogP contribution in [0.1, 0.15) is 33.6 Å². The molecule has 7 nitrogen and oxygen atoms in total. The molecule has 0 unspecified atom stereocenters. The number of aromatic nitrogens is 2. The lowest BCUT2D eigenvalue weighted by Crippen LogP contribution is -2.27. The molecule has 1 saturated heterocycles. The van der Waals surface area contributed by atoms with E-state index in [1.54, 1.807) is 53.5 Å². The fraction of sp³-hybridized carbons (Fsp3) is 0.227. The van der Waals surface area contributed by atoms with Gasteiger partial charge in [0, 0.05) is 31.0 Å². The number of benzene rings is 2. The Bertz CT molecular complexity index is 1020. The van der Waals surface area contributed by atoms with E-state index >= 15 is 0 Å². The minimum Gasteiger partial charge on any atom is -0.495 e. The molecule has 1 aromatic heterocycles. The lowest BCUT2D eigenvalue weighted by Gasteiger charge is -2.17. The van der Waals surface area contributed by atoms with Crippen molar-refractivity contribution >= 4 is 17.5 Å². The topological polar surface area (TPSA) is 76.5 Å². The average molecular weight is 390 g/mol. The molecule has 148 valence electrons. The van der Waals surface area contributed by atoms with Gasteiger partial charge in [-0.1, -0.05) is 12.1 Å². The van der Waals surface area contributed by atoms with Crippen molar-refractivity contribution in [2.45, 2.75) is 12.8 Å². The van der Waals surface area contributed by atoms with Crippen LogP contribution in [0.15, 0.2) is 60.9 Å². The van der Waals surface area contributed by atoms with Crippen molar-refractivity contribution in [1.82, 2.24) is 14.7 Å². The van der Waals surface area contributed by atoms with Gasteiger partial charge in [-0.05, 0) is 49.2 Å². The molecule has 0 radical (unpaired) electrons. The average Bonchev–Trinajstić information content (AvgIpc) is 3.47. The van der Waals surface area contributed by atoms with Gasteiger partial charge < -0.3 is 15.0 Å². The van der Waals surface area contributed by atoms with Crippen molar-refractivity contribution in [3.63, 3.8) is 0 Å². The molecule has 0 bridgehead atoms. The Labute approximate surface area is 168 Å². The number of nitrogens with one attached hydrogen (secondary N) is 1. The van der Waals surface area contributed by atoms with Crippen LogP contribution in [0.25, 0.3) is 5.69 Å². The zero-order chi connectivity index (χ0) is 20.2. The van der Waals surface area contributed by atoms with Crippen LogP contribution in [0, 0.1) is 0 Å². The number of nitrogens with zero attached hydrogens (tertiary/aromatic N) is 3. The molecule has 0 spiro atoms. The normalized spacial score (nSPS) is 13.3. The highest BCUT2D eigenvalue weighted by molar-refractivity contribution is 6.08. The second-order valence-electron chi connectivity index (χ2n) is 6.84. The number of rotatable bonds is 5. The number of methoxy groups -OCH3 is 1. The quantitative estimate of drug-likeness (QED) is 0.725. The zero-order valence-electron chi connectivity index (χ0n) is 16.2. The molecule has 2 amide bonds. The van der Waals surface area contributed by atoms with Crippen LogP contribution >= 0.6 is 0 Å². The molecule has 3 aromatic rings. The standard InChI is InChI=1S/C22H22N4O3/c1-29-20-10-9-16(22(28)25-12-4-5-13-25)15-18(20)24-21(27)17-7-2-3-8-19(17)26-14-6-11-23-26/h2-3,6-11,14-15H,4-5,12-13H2,1H3,(H,24,27). The van der Waals surface area contributed by atoms with Gasteiger partial charge in [0.15, 0.2) is 0 Å². The van der Waals surface area contributed by atoms with Gasteiger partial charge in [-0.25, -0.2) is 4.68 Å². The number of amides is 2. The molecule has 2 heterocycles. The van der Waals surface area contributed by atoms with E-state index in [9.17, 15) is 9.59 Å². The molecular weight excluding hydrogens is 368 g/mol. The Kier molecular flexibility index (Phi) is 5.29. The summed E-state index contributed by atoms with van der Waals surface area (Å²) < 4.78 is 7.03. The zero-order valence-corrected chi connectivity index (χ0v) is 16.2. The fourth-order valence-corrected chi connectivity index (χ4v) is 3.51. The summed E-state index contributed by atoms with van der Waals surface area (Å²) in [6.07, 6.45) is 5.48. The molecule has 0 saturated carbocycles. The molecule has 0 atom stereocenters. The third kappa shape index (κ3) is 3.85. The summed E-state index contributed by atoms with van der Waals surface area (Å²) in [5.74, 6) is 0.158. The van der Waals surface area contributed by atoms with Crippen LogP contribution < -0.4 is 10.1 Å². The van der Waals surface area contributed by atoms with Gasteiger partial charge in [0.2, 0.25) is 0 Å². The third-order valence-corrected chi connectivity index (χ3v) is 4.99. The van der Waals surface area contributed by atoms with Crippen LogP contribution in [0.2, 0.25) is 0 Å². The maximum atomic E-state index is 13.0. The first kappa shape index (κ1) is 18.7. The molecule has 1 fully saturated rings. The van der Waals surface area contributed by atoms with Crippen LogP contribution in [-0.4, -0.2) is 46.7 Å². The molecule has 29 heavy (non-hydrogen) atoms. The number of likely N-dealkylation sites (tertiary alicyclic amines) is 1. The predicted molar refractivity (Wildman–Crippen MR) is 110 cm³/mol. The lowest BCUT2D eigenvalue weighted by molar-refractivity contribution is 0.0792. The van der Waals surface area contributed by atoms with Crippen LogP contribution in [0.3, 0.4) is 0 Å². The number of anilines is 1. The molecule has 1 aliphatic heterocycles. The van der Waals surface area contributed by atoms with Crippen LogP contribution in [0.5, 0.6) is 5.75 Å². The molecule has 7 heteroatoms. The van der Waals surface area contributed by atoms with E-state index in [1.807, 2.05) is 17.0 Å². The Morgan fingerprint density at radius 2 is 1.86 bits per heavy atom. The van der Waals surface area contributed by atoms with E-state index in [0.29, 0.717) is 28.3 Å². The van der Waals surface area contributed by atoms with Crippen molar-refractivity contribution < 1.29 is 14.3 Å². The summed E-state index contributed by atoms with van der Waals surface area (Å²) in [5.41, 5.74) is 2.12. The van der Waals surface area contributed by atoms with E-state index in [0.717, 1.165) is 25.9 Å². The van der Waals surface area contributed by atoms with E-state index < -0.39 is 0 Å². The predicted octanol–water partition coefficient (Wildman–Crippen LogP) is 3.37. The van der Waals surface area contributed by atoms with Crippen molar-refractivity contribution in [3.05, 3.63) is 72.1 Å². The van der Waals surface area contributed by atoms with Crippen molar-refractivity contribution in [1.29, 1.82) is 0 Å². The first-order valence-corrected chi connectivity index (χ1v) is 9.55. The van der Waals surface area contributed by atoms with Crippen LogP contribution in [-0.2, 0) is 0 Å². The maximum absolute atomic E-state index is 13.0. The molecule has 2 aromatic carbocycles. The van der Waals surface area contributed by atoms with Gasteiger partial charge in [-0.15, -0.1) is 0 Å². The second kappa shape index (κ2) is 8.18. The Morgan fingerprint density at radius 3 is 2.59 bits per heavy atom. The van der Waals surface area contributed by atoms with Crippen molar-refractivity contribution in [3.8, 4) is 11.4 Å². The highest BCUT2D eigenvalue weighted by Crippen LogP contribution is 2.28. The first-order valence-electron chi connectivity index (χ1n) is 9.55. The lowest BCUT2D eigenvalue weighted by atomic mass is 10.1. The number of carbonyl (C=O) groups is 2. The summed E-state index contributed by atoms with van der Waals surface area (Å²) in [5, 5.41) is 7.10. The number of hydrogen-bond acceptors (Lipinski definition) is 4. The van der Waals surface area contributed by atoms with Crippen molar-refractivity contribution in [2.24, 2.45) is 0 Å². The molecule has 4 rings (SSSR count). The SMILES string of the molecule is COc1ccc(C(=O)N2CCCC2)cc1NC(=O)c1ccccc1-n1cccn1. The Hall–Kier alpha value is -3.61. The van der Waals surface area contributed by atoms with Gasteiger partial charge >= 0.3 is 0 Å². The highest BCUT2D eigenvalue weighted by Gasteiger charge is 2.21. The minimum atomic E-state index is -0.305. The van der Waals surface area contributed by atoms with E-state index in [-0.39, 0.29) is 11.8 Å². The Morgan fingerprint density at radius 1 is 1.07 bits per heavy atom. The monoisotopic (exact) mass is 390 g/mol. The fourth-order valence-electron chi connectivity index (χ4n) is 3.51. The third-order valence-electron chi connectivity index (χ3n) is 4.99. The smallest absolute Gasteiger partial charge is 0.257 e. The van der Waals surface area contributed by atoms with Gasteiger partial charge in [0.05, 0.1) is 24.0 Å². The van der Waals surface area contributed by atoms with Crippen molar-refractivity contribution in [2.75, 3.05) is 25.5 Å². The summed E-state index contributed by atoms with van der Waals surface area (Å²) in [6, 6.07) is 14.1. The number of ether oxygens (including phenoxy) is 1. The van der Waals surface area contributed by atoms with Gasteiger partial charge in [-0.2, -0.15) is 5.10 Å². The molecule has 1 N–H and O–H groups in total. The first-order chi connectivity index (χ1) is 14.2. The summed E-state index contributed by atoms with van der Waals surface area (Å²) >= 11 is 0. The number of carbonyl (C=O) groups excluding carboxylic acids is 2. The largest absolute Gasteiger partial charge is 0.495 e. The summed E-state index contributed by atoms with van der Waals surface area (Å²) in [6.45, 7) is 1.54. The second-order valence-corrected chi connectivity index (χ2v) is 6.84. The molecule has 0 aliphatic carbocycles. The maximum Gasteiger partial charge on any atom is 0.257 e. The van der Waals surface area contributed by atoms with Gasteiger partial charge in [0.25, 0.3) is 11.8 Å². The Balaban J connectivity index is 1.63. The number of hydrogen-bond donors (Lipinski definition) is 1.